The zero-order valence-corrected chi connectivity index (χ0v) is 23.3. The van der Waals surface area contributed by atoms with E-state index < -0.39 is 0 Å². The lowest BCUT2D eigenvalue weighted by Gasteiger charge is -2.12. The first-order chi connectivity index (χ1) is 18.5. The predicted molar refractivity (Wildman–Crippen MR) is 156 cm³/mol. The molecule has 0 radical (unpaired) electrons. The summed E-state index contributed by atoms with van der Waals surface area (Å²) in [5.41, 5.74) is 5.60. The minimum atomic E-state index is 0.0152. The smallest absolute Gasteiger partial charge is 0.224 e. The SMILES string of the molecule is Cc1cccc(OCCCCn2c(CCCCCNC(=O)Cc3ccccc3Cl)nc3ccccc32)c1C. The van der Waals surface area contributed by atoms with Crippen LogP contribution in [0.15, 0.2) is 66.7 Å². The highest BCUT2D eigenvalue weighted by molar-refractivity contribution is 6.31. The van der Waals surface area contributed by atoms with Crippen LogP contribution in [-0.2, 0) is 24.2 Å². The van der Waals surface area contributed by atoms with E-state index in [0.717, 1.165) is 67.7 Å². The molecule has 0 atom stereocenters. The minimum Gasteiger partial charge on any atom is -0.493 e. The maximum Gasteiger partial charge on any atom is 0.224 e. The Balaban J connectivity index is 1.20. The van der Waals surface area contributed by atoms with Crippen LogP contribution in [-0.4, -0.2) is 28.6 Å². The van der Waals surface area contributed by atoms with E-state index in [1.54, 1.807) is 0 Å². The number of carbonyl (C=O) groups is 1. The second-order valence-electron chi connectivity index (χ2n) is 9.85. The van der Waals surface area contributed by atoms with Gasteiger partial charge in [-0.3, -0.25) is 4.79 Å². The highest BCUT2D eigenvalue weighted by Crippen LogP contribution is 2.22. The number of hydrogen-bond donors (Lipinski definition) is 1. The standard InChI is InChI=1S/C32H38ClN3O2/c1-24-13-12-18-30(25(24)2)38-22-11-10-21-36-29-17-8-7-16-28(29)35-31(36)19-4-3-9-20-34-32(37)23-26-14-5-6-15-27(26)33/h5-8,12-18H,3-4,9-11,19-23H2,1-2H3,(H,34,37). The lowest BCUT2D eigenvalue weighted by atomic mass is 10.1. The molecule has 0 unspecified atom stereocenters. The molecule has 0 fully saturated rings. The molecule has 5 nitrogen and oxygen atoms in total. The Morgan fingerprint density at radius 1 is 0.921 bits per heavy atom. The molecule has 200 valence electrons. The van der Waals surface area contributed by atoms with Gasteiger partial charge >= 0.3 is 0 Å². The molecule has 0 saturated carbocycles. The van der Waals surface area contributed by atoms with Gasteiger partial charge in [0.1, 0.15) is 11.6 Å². The van der Waals surface area contributed by atoms with Crippen LogP contribution in [0.2, 0.25) is 5.02 Å². The van der Waals surface area contributed by atoms with Crippen LogP contribution in [0.3, 0.4) is 0 Å². The fourth-order valence-corrected chi connectivity index (χ4v) is 4.89. The molecule has 0 aliphatic rings. The number of amides is 1. The van der Waals surface area contributed by atoms with Crippen LogP contribution in [0.25, 0.3) is 11.0 Å². The lowest BCUT2D eigenvalue weighted by Crippen LogP contribution is -2.26. The summed E-state index contributed by atoms with van der Waals surface area (Å²) in [5, 5.41) is 3.66. The van der Waals surface area contributed by atoms with Crippen molar-refractivity contribution in [2.75, 3.05) is 13.2 Å². The minimum absolute atomic E-state index is 0.0152. The Morgan fingerprint density at radius 2 is 1.74 bits per heavy atom. The van der Waals surface area contributed by atoms with Crippen LogP contribution in [0, 0.1) is 13.8 Å². The van der Waals surface area contributed by atoms with Crippen molar-refractivity contribution in [2.45, 2.75) is 65.3 Å². The number of nitrogens with one attached hydrogen (secondary N) is 1. The number of nitrogens with zero attached hydrogens (tertiary/aromatic N) is 2. The van der Waals surface area contributed by atoms with Crippen molar-refractivity contribution in [3.05, 3.63) is 94.3 Å². The number of benzene rings is 3. The van der Waals surface area contributed by atoms with E-state index >= 15 is 0 Å². The van der Waals surface area contributed by atoms with Crippen molar-refractivity contribution < 1.29 is 9.53 Å². The molecule has 6 heteroatoms. The summed E-state index contributed by atoms with van der Waals surface area (Å²) in [6.07, 6.45) is 6.31. The molecular weight excluding hydrogens is 494 g/mol. The van der Waals surface area contributed by atoms with Gasteiger partial charge in [-0.15, -0.1) is 0 Å². The van der Waals surface area contributed by atoms with Gasteiger partial charge in [0.05, 0.1) is 24.1 Å². The topological polar surface area (TPSA) is 56.1 Å². The van der Waals surface area contributed by atoms with Crippen molar-refractivity contribution in [1.82, 2.24) is 14.9 Å². The number of unbranched alkanes of at least 4 members (excludes halogenated alkanes) is 3. The van der Waals surface area contributed by atoms with Crippen molar-refractivity contribution in [2.24, 2.45) is 0 Å². The van der Waals surface area contributed by atoms with E-state index in [4.69, 9.17) is 21.3 Å². The maximum atomic E-state index is 12.2. The first kappa shape index (κ1) is 27.7. The fraction of sp³-hybridized carbons (Fsp3) is 0.375. The number of halogens is 1. The number of aromatic nitrogens is 2. The number of aryl methyl sites for hydroxylation is 3. The highest BCUT2D eigenvalue weighted by Gasteiger charge is 2.11. The monoisotopic (exact) mass is 531 g/mol. The molecule has 4 rings (SSSR count). The van der Waals surface area contributed by atoms with Crippen LogP contribution in [0.1, 0.15) is 54.6 Å². The quantitative estimate of drug-likeness (QED) is 0.174. The van der Waals surface area contributed by atoms with Gasteiger partial charge in [-0.1, -0.05) is 60.5 Å². The number of hydrogen-bond acceptors (Lipinski definition) is 3. The molecule has 1 amide bonds. The molecule has 1 N–H and O–H groups in total. The van der Waals surface area contributed by atoms with Gasteiger partial charge in [-0.05, 0) is 80.5 Å². The molecular formula is C32H38ClN3O2. The van der Waals surface area contributed by atoms with E-state index in [1.165, 1.54) is 16.6 Å². The van der Waals surface area contributed by atoms with Crippen molar-refractivity contribution >= 4 is 28.5 Å². The summed E-state index contributed by atoms with van der Waals surface area (Å²) in [4.78, 5) is 17.2. The summed E-state index contributed by atoms with van der Waals surface area (Å²) in [5.74, 6) is 2.14. The zero-order chi connectivity index (χ0) is 26.7. The van der Waals surface area contributed by atoms with E-state index in [0.29, 0.717) is 24.6 Å². The average Bonchev–Trinajstić information content (AvgIpc) is 3.27. The molecule has 0 aliphatic heterocycles. The summed E-state index contributed by atoms with van der Waals surface area (Å²) in [7, 11) is 0. The Kier molecular flexibility index (Phi) is 10.2. The number of fused-ring (bicyclic) bond motifs is 1. The first-order valence-corrected chi connectivity index (χ1v) is 14.0. The lowest BCUT2D eigenvalue weighted by molar-refractivity contribution is -0.120. The molecule has 1 aromatic heterocycles. The summed E-state index contributed by atoms with van der Waals surface area (Å²) in [6, 6.07) is 22.1. The summed E-state index contributed by atoms with van der Waals surface area (Å²) in [6.45, 7) is 6.56. The average molecular weight is 532 g/mol. The van der Waals surface area contributed by atoms with Crippen molar-refractivity contribution in [1.29, 1.82) is 0 Å². The third kappa shape index (κ3) is 7.61. The zero-order valence-electron chi connectivity index (χ0n) is 22.5. The number of carbonyl (C=O) groups excluding carboxylic acids is 1. The van der Waals surface area contributed by atoms with E-state index in [2.05, 4.69) is 54.1 Å². The Bertz CT molecular complexity index is 1350. The Morgan fingerprint density at radius 3 is 2.61 bits per heavy atom. The number of rotatable bonds is 14. The van der Waals surface area contributed by atoms with Gasteiger partial charge < -0.3 is 14.6 Å². The predicted octanol–water partition coefficient (Wildman–Crippen LogP) is 7.24. The molecule has 0 saturated heterocycles. The van der Waals surface area contributed by atoms with Gasteiger partial charge in [0.15, 0.2) is 0 Å². The normalized spacial score (nSPS) is 11.1. The number of ether oxygens (including phenoxy) is 1. The van der Waals surface area contributed by atoms with Gasteiger partial charge in [0, 0.05) is 24.5 Å². The summed E-state index contributed by atoms with van der Waals surface area (Å²) < 4.78 is 8.43. The largest absolute Gasteiger partial charge is 0.493 e. The molecule has 1 heterocycles. The summed E-state index contributed by atoms with van der Waals surface area (Å²) >= 11 is 6.16. The Hall–Kier alpha value is -3.31. The highest BCUT2D eigenvalue weighted by atomic mass is 35.5. The van der Waals surface area contributed by atoms with Crippen LogP contribution >= 0.6 is 11.6 Å². The molecule has 0 aliphatic carbocycles. The number of imidazole rings is 1. The third-order valence-electron chi connectivity index (χ3n) is 7.03. The van der Waals surface area contributed by atoms with Crippen molar-refractivity contribution in [3.8, 4) is 5.75 Å². The second-order valence-corrected chi connectivity index (χ2v) is 10.3. The molecule has 4 aromatic rings. The second kappa shape index (κ2) is 14.0. The van der Waals surface area contributed by atoms with E-state index in [9.17, 15) is 4.79 Å². The van der Waals surface area contributed by atoms with Crippen molar-refractivity contribution in [3.63, 3.8) is 0 Å². The maximum absolute atomic E-state index is 12.2. The van der Waals surface area contributed by atoms with Gasteiger partial charge in [0.25, 0.3) is 0 Å². The van der Waals surface area contributed by atoms with Gasteiger partial charge in [-0.25, -0.2) is 4.98 Å². The van der Waals surface area contributed by atoms with E-state index in [1.807, 2.05) is 36.4 Å². The molecule has 3 aromatic carbocycles. The molecule has 0 spiro atoms. The van der Waals surface area contributed by atoms with Crippen LogP contribution < -0.4 is 10.1 Å². The van der Waals surface area contributed by atoms with Crippen LogP contribution in [0.5, 0.6) is 5.75 Å². The Labute approximate surface area is 231 Å². The van der Waals surface area contributed by atoms with E-state index in [-0.39, 0.29) is 5.91 Å². The first-order valence-electron chi connectivity index (χ1n) is 13.7. The molecule has 38 heavy (non-hydrogen) atoms. The third-order valence-corrected chi connectivity index (χ3v) is 7.40. The molecule has 0 bridgehead atoms. The number of para-hydroxylation sites is 2. The van der Waals surface area contributed by atoms with Gasteiger partial charge in [0.2, 0.25) is 5.91 Å². The van der Waals surface area contributed by atoms with Gasteiger partial charge in [-0.2, -0.15) is 0 Å². The fourth-order valence-electron chi connectivity index (χ4n) is 4.69. The van der Waals surface area contributed by atoms with Crippen LogP contribution in [0.4, 0.5) is 0 Å².